The van der Waals surface area contributed by atoms with Gasteiger partial charge in [0.2, 0.25) is 0 Å². The van der Waals surface area contributed by atoms with Gasteiger partial charge in [-0.3, -0.25) is 4.84 Å². The van der Waals surface area contributed by atoms with Crippen LogP contribution in [0.5, 0.6) is 0 Å². The standard InChI is InChI=1S/C5H10N2O/c1-4-8-7-5(2)6-3/h7H,2-4H2,1H3. The van der Waals surface area contributed by atoms with E-state index in [2.05, 4.69) is 23.8 Å². The largest absolute Gasteiger partial charge is 0.275 e. The van der Waals surface area contributed by atoms with Crippen LogP contribution in [0.4, 0.5) is 0 Å². The van der Waals surface area contributed by atoms with Crippen molar-refractivity contribution in [3.63, 3.8) is 0 Å². The van der Waals surface area contributed by atoms with Crippen LogP contribution in [0.15, 0.2) is 17.4 Å². The SMILES string of the molecule is C=NC(=C)NOCC. The summed E-state index contributed by atoms with van der Waals surface area (Å²) < 4.78 is 0. The minimum atomic E-state index is 0.437. The molecule has 0 radical (unpaired) electrons. The van der Waals surface area contributed by atoms with Crippen molar-refractivity contribution in [1.29, 1.82) is 0 Å². The van der Waals surface area contributed by atoms with Crippen molar-refractivity contribution >= 4 is 6.72 Å². The third-order valence-corrected chi connectivity index (χ3v) is 0.525. The smallest absolute Gasteiger partial charge is 0.141 e. The van der Waals surface area contributed by atoms with E-state index in [-0.39, 0.29) is 0 Å². The van der Waals surface area contributed by atoms with Crippen LogP contribution in [0.1, 0.15) is 6.92 Å². The Morgan fingerprint density at radius 1 is 1.88 bits per heavy atom. The predicted octanol–water partition coefficient (Wildman–Crippen LogP) is 0.699. The zero-order chi connectivity index (χ0) is 6.41. The summed E-state index contributed by atoms with van der Waals surface area (Å²) in [6.07, 6.45) is 0. The van der Waals surface area contributed by atoms with E-state index in [1.807, 2.05) is 6.92 Å². The number of hydrogen-bond acceptors (Lipinski definition) is 3. The average Bonchev–Trinajstić information content (AvgIpc) is 1.83. The number of hydroxylamine groups is 1. The minimum absolute atomic E-state index is 0.437. The van der Waals surface area contributed by atoms with Gasteiger partial charge in [0.15, 0.2) is 0 Å². The van der Waals surface area contributed by atoms with Crippen LogP contribution >= 0.6 is 0 Å². The fraction of sp³-hybridized carbons (Fsp3) is 0.400. The van der Waals surface area contributed by atoms with Crippen molar-refractivity contribution in [2.75, 3.05) is 6.61 Å². The highest BCUT2D eigenvalue weighted by Gasteiger charge is 1.80. The highest BCUT2D eigenvalue weighted by molar-refractivity contribution is 5.27. The van der Waals surface area contributed by atoms with Crippen LogP contribution in [0.2, 0.25) is 0 Å². The van der Waals surface area contributed by atoms with E-state index in [4.69, 9.17) is 4.84 Å². The minimum Gasteiger partial charge on any atom is -0.275 e. The van der Waals surface area contributed by atoms with Gasteiger partial charge in [-0.2, -0.15) is 0 Å². The van der Waals surface area contributed by atoms with Crippen molar-refractivity contribution < 1.29 is 4.84 Å². The van der Waals surface area contributed by atoms with Crippen LogP contribution in [-0.2, 0) is 4.84 Å². The van der Waals surface area contributed by atoms with Crippen LogP contribution in [0, 0.1) is 0 Å². The summed E-state index contributed by atoms with van der Waals surface area (Å²) >= 11 is 0. The summed E-state index contributed by atoms with van der Waals surface area (Å²) in [7, 11) is 0. The van der Waals surface area contributed by atoms with Gasteiger partial charge in [0.25, 0.3) is 0 Å². The highest BCUT2D eigenvalue weighted by atomic mass is 16.6. The van der Waals surface area contributed by atoms with Crippen LogP contribution in [-0.4, -0.2) is 13.3 Å². The molecule has 0 aliphatic rings. The van der Waals surface area contributed by atoms with E-state index >= 15 is 0 Å². The summed E-state index contributed by atoms with van der Waals surface area (Å²) in [5.74, 6) is 0.437. The maximum absolute atomic E-state index is 4.70. The molecule has 0 heterocycles. The fourth-order valence-corrected chi connectivity index (χ4v) is 0.188. The topological polar surface area (TPSA) is 33.6 Å². The predicted molar refractivity (Wildman–Crippen MR) is 33.5 cm³/mol. The first-order valence-electron chi connectivity index (χ1n) is 2.34. The molecule has 0 aromatic carbocycles. The molecular formula is C5H10N2O. The summed E-state index contributed by atoms with van der Waals surface area (Å²) in [6.45, 7) is 9.12. The highest BCUT2D eigenvalue weighted by Crippen LogP contribution is 1.80. The molecule has 0 aliphatic heterocycles. The first-order chi connectivity index (χ1) is 3.81. The lowest BCUT2D eigenvalue weighted by Crippen LogP contribution is -2.10. The number of aliphatic imine (C=N–C) groups is 1. The summed E-state index contributed by atoms with van der Waals surface area (Å²) in [5.41, 5.74) is 2.46. The van der Waals surface area contributed by atoms with Gasteiger partial charge in [-0.25, -0.2) is 10.5 Å². The average molecular weight is 114 g/mol. The molecule has 0 unspecified atom stereocenters. The molecule has 0 bridgehead atoms. The third kappa shape index (κ3) is 3.36. The molecule has 0 atom stereocenters. The second-order valence-corrected chi connectivity index (χ2v) is 1.14. The Balaban J connectivity index is 3.11. The number of hydrogen-bond donors (Lipinski definition) is 1. The lowest BCUT2D eigenvalue weighted by atomic mass is 10.8. The van der Waals surface area contributed by atoms with Gasteiger partial charge >= 0.3 is 0 Å². The first-order valence-corrected chi connectivity index (χ1v) is 2.34. The van der Waals surface area contributed by atoms with E-state index in [1.165, 1.54) is 0 Å². The lowest BCUT2D eigenvalue weighted by Gasteiger charge is -2.00. The maximum Gasteiger partial charge on any atom is 0.141 e. The summed E-state index contributed by atoms with van der Waals surface area (Å²) in [4.78, 5) is 8.15. The zero-order valence-electron chi connectivity index (χ0n) is 4.98. The molecule has 0 fully saturated rings. The Morgan fingerprint density at radius 3 is 2.88 bits per heavy atom. The van der Waals surface area contributed by atoms with Gasteiger partial charge < -0.3 is 0 Å². The molecule has 0 saturated carbocycles. The number of rotatable bonds is 4. The molecule has 0 spiro atoms. The summed E-state index contributed by atoms with van der Waals surface area (Å²) in [6, 6.07) is 0. The number of nitrogens with one attached hydrogen (secondary N) is 1. The lowest BCUT2D eigenvalue weighted by molar-refractivity contribution is 0.0733. The Hall–Kier alpha value is -0.830. The monoisotopic (exact) mass is 114 g/mol. The molecule has 0 aliphatic carbocycles. The Bertz CT molecular complexity index is 90.4. The van der Waals surface area contributed by atoms with Crippen molar-refractivity contribution in [2.45, 2.75) is 6.92 Å². The normalized spacial score (nSPS) is 8.12. The molecule has 8 heavy (non-hydrogen) atoms. The Labute approximate surface area is 49.0 Å². The second-order valence-electron chi connectivity index (χ2n) is 1.14. The molecule has 0 amide bonds. The molecule has 3 heteroatoms. The van der Waals surface area contributed by atoms with E-state index in [9.17, 15) is 0 Å². The van der Waals surface area contributed by atoms with Crippen molar-refractivity contribution in [2.24, 2.45) is 4.99 Å². The van der Waals surface area contributed by atoms with E-state index < -0.39 is 0 Å². The second kappa shape index (κ2) is 4.33. The molecule has 0 aromatic heterocycles. The molecular weight excluding hydrogens is 104 g/mol. The van der Waals surface area contributed by atoms with Crippen molar-refractivity contribution in [1.82, 2.24) is 5.48 Å². The van der Waals surface area contributed by atoms with Crippen LogP contribution in [0.25, 0.3) is 0 Å². The fourth-order valence-electron chi connectivity index (χ4n) is 0.188. The van der Waals surface area contributed by atoms with Gasteiger partial charge in [0, 0.05) is 0 Å². The molecule has 0 saturated heterocycles. The Morgan fingerprint density at radius 2 is 2.50 bits per heavy atom. The van der Waals surface area contributed by atoms with Gasteiger partial charge in [-0.05, 0) is 13.6 Å². The molecule has 3 nitrogen and oxygen atoms in total. The maximum atomic E-state index is 4.70. The molecule has 0 rings (SSSR count). The van der Waals surface area contributed by atoms with Gasteiger partial charge in [0.1, 0.15) is 5.82 Å². The van der Waals surface area contributed by atoms with Gasteiger partial charge in [-0.15, -0.1) is 0 Å². The van der Waals surface area contributed by atoms with Crippen LogP contribution < -0.4 is 5.48 Å². The van der Waals surface area contributed by atoms with Crippen molar-refractivity contribution in [3.8, 4) is 0 Å². The molecule has 1 N–H and O–H groups in total. The molecule has 0 aromatic rings. The first kappa shape index (κ1) is 7.17. The van der Waals surface area contributed by atoms with Gasteiger partial charge in [-0.1, -0.05) is 6.58 Å². The Kier molecular flexibility index (Phi) is 3.88. The van der Waals surface area contributed by atoms with Crippen LogP contribution in [0.3, 0.4) is 0 Å². The van der Waals surface area contributed by atoms with Crippen molar-refractivity contribution in [3.05, 3.63) is 12.4 Å². The summed E-state index contributed by atoms with van der Waals surface area (Å²) in [5, 5.41) is 0. The van der Waals surface area contributed by atoms with E-state index in [0.29, 0.717) is 12.4 Å². The van der Waals surface area contributed by atoms with E-state index in [1.54, 1.807) is 0 Å². The van der Waals surface area contributed by atoms with E-state index in [0.717, 1.165) is 0 Å². The quantitative estimate of drug-likeness (QED) is 0.431. The molecule has 46 valence electrons. The van der Waals surface area contributed by atoms with Gasteiger partial charge in [0.05, 0.1) is 6.61 Å². The number of nitrogens with zero attached hydrogens (tertiary/aromatic N) is 1. The third-order valence-electron chi connectivity index (χ3n) is 0.525. The zero-order valence-corrected chi connectivity index (χ0v) is 4.98.